The minimum Gasteiger partial charge on any atom is -0.454 e. The highest BCUT2D eigenvalue weighted by Gasteiger charge is 2.17. The van der Waals surface area contributed by atoms with Crippen LogP contribution in [0, 0.1) is 6.92 Å². The first-order valence-corrected chi connectivity index (χ1v) is 8.41. The Morgan fingerprint density at radius 1 is 1.14 bits per heavy atom. The molecule has 10 nitrogen and oxygen atoms in total. The first-order chi connectivity index (χ1) is 13.3. The first kappa shape index (κ1) is 19.1. The average molecular weight is 385 g/mol. The van der Waals surface area contributed by atoms with Crippen LogP contribution in [0.25, 0.3) is 11.2 Å². The van der Waals surface area contributed by atoms with Crippen molar-refractivity contribution in [3.05, 3.63) is 57.0 Å². The highest BCUT2D eigenvalue weighted by molar-refractivity contribution is 5.93. The van der Waals surface area contributed by atoms with Gasteiger partial charge in [0.1, 0.15) is 6.54 Å². The van der Waals surface area contributed by atoms with Crippen molar-refractivity contribution >= 4 is 28.7 Å². The highest BCUT2D eigenvalue weighted by atomic mass is 16.5. The molecule has 0 atom stereocenters. The lowest BCUT2D eigenvalue weighted by Crippen LogP contribution is -2.37. The number of rotatable bonds is 5. The van der Waals surface area contributed by atoms with Crippen LogP contribution < -0.4 is 16.6 Å². The number of nitrogens with zero attached hydrogens (tertiary/aromatic N) is 4. The summed E-state index contributed by atoms with van der Waals surface area (Å²) in [5.41, 5.74) is 0.699. The molecule has 0 fully saturated rings. The zero-order valence-electron chi connectivity index (χ0n) is 15.6. The van der Waals surface area contributed by atoms with Gasteiger partial charge in [-0.05, 0) is 18.6 Å². The molecule has 0 saturated carbocycles. The molecule has 0 spiro atoms. The maximum absolute atomic E-state index is 12.3. The second kappa shape index (κ2) is 7.51. The summed E-state index contributed by atoms with van der Waals surface area (Å²) in [6.45, 7) is 1.07. The topological polar surface area (TPSA) is 117 Å². The van der Waals surface area contributed by atoms with Crippen LogP contribution in [0.3, 0.4) is 0 Å². The number of para-hydroxylation sites is 1. The Morgan fingerprint density at radius 2 is 1.86 bits per heavy atom. The van der Waals surface area contributed by atoms with E-state index < -0.39 is 29.7 Å². The van der Waals surface area contributed by atoms with Gasteiger partial charge in [-0.1, -0.05) is 18.2 Å². The van der Waals surface area contributed by atoms with E-state index >= 15 is 0 Å². The van der Waals surface area contributed by atoms with Crippen molar-refractivity contribution in [1.29, 1.82) is 0 Å². The van der Waals surface area contributed by atoms with Crippen LogP contribution in [0.1, 0.15) is 5.56 Å². The molecule has 28 heavy (non-hydrogen) atoms. The van der Waals surface area contributed by atoms with Crippen LogP contribution in [0.5, 0.6) is 0 Å². The quantitative estimate of drug-likeness (QED) is 0.614. The van der Waals surface area contributed by atoms with Crippen LogP contribution in [0.4, 0.5) is 5.69 Å². The van der Waals surface area contributed by atoms with E-state index in [1.54, 1.807) is 12.1 Å². The van der Waals surface area contributed by atoms with E-state index in [-0.39, 0.29) is 17.7 Å². The monoisotopic (exact) mass is 385 g/mol. The van der Waals surface area contributed by atoms with Crippen molar-refractivity contribution in [2.24, 2.45) is 14.1 Å². The van der Waals surface area contributed by atoms with Crippen molar-refractivity contribution in [2.45, 2.75) is 13.5 Å². The molecular formula is C18H19N5O5. The van der Waals surface area contributed by atoms with E-state index in [0.717, 1.165) is 10.1 Å². The number of imidazole rings is 1. The van der Waals surface area contributed by atoms with Gasteiger partial charge in [0.15, 0.2) is 17.8 Å². The molecule has 0 radical (unpaired) electrons. The number of hydrogen-bond acceptors (Lipinski definition) is 6. The number of hydrogen-bond donors (Lipinski definition) is 1. The number of fused-ring (bicyclic) bond motifs is 1. The van der Waals surface area contributed by atoms with Gasteiger partial charge in [-0.3, -0.25) is 23.5 Å². The third kappa shape index (κ3) is 3.56. The lowest BCUT2D eigenvalue weighted by Gasteiger charge is -2.09. The van der Waals surface area contributed by atoms with Crippen LogP contribution in [0.2, 0.25) is 0 Å². The van der Waals surface area contributed by atoms with Crippen LogP contribution in [0.15, 0.2) is 40.2 Å². The van der Waals surface area contributed by atoms with Gasteiger partial charge in [-0.15, -0.1) is 0 Å². The molecule has 0 unspecified atom stereocenters. The predicted molar refractivity (Wildman–Crippen MR) is 101 cm³/mol. The molecule has 1 aromatic carbocycles. The second-order valence-electron chi connectivity index (χ2n) is 6.27. The fourth-order valence-corrected chi connectivity index (χ4v) is 2.75. The predicted octanol–water partition coefficient (Wildman–Crippen LogP) is -0.0760. The number of aryl methyl sites for hydroxylation is 2. The summed E-state index contributed by atoms with van der Waals surface area (Å²) < 4.78 is 8.42. The van der Waals surface area contributed by atoms with Gasteiger partial charge < -0.3 is 14.6 Å². The van der Waals surface area contributed by atoms with Gasteiger partial charge in [-0.2, -0.15) is 0 Å². The van der Waals surface area contributed by atoms with Gasteiger partial charge in [0, 0.05) is 19.8 Å². The molecule has 0 aliphatic heterocycles. The number of anilines is 1. The number of benzene rings is 1. The summed E-state index contributed by atoms with van der Waals surface area (Å²) in [7, 11) is 2.82. The van der Waals surface area contributed by atoms with Crippen molar-refractivity contribution in [3.8, 4) is 0 Å². The van der Waals surface area contributed by atoms with Gasteiger partial charge in [-0.25, -0.2) is 9.78 Å². The second-order valence-corrected chi connectivity index (χ2v) is 6.27. The molecule has 3 rings (SSSR count). The zero-order valence-corrected chi connectivity index (χ0v) is 15.6. The summed E-state index contributed by atoms with van der Waals surface area (Å²) >= 11 is 0. The molecule has 1 N–H and O–H groups in total. The number of amides is 1. The lowest BCUT2D eigenvalue weighted by molar-refractivity contribution is -0.147. The summed E-state index contributed by atoms with van der Waals surface area (Å²) in [6, 6.07) is 7.22. The van der Waals surface area contributed by atoms with Gasteiger partial charge >= 0.3 is 11.7 Å². The number of aromatic nitrogens is 4. The Bertz CT molecular complexity index is 1190. The van der Waals surface area contributed by atoms with Gasteiger partial charge in [0.05, 0.1) is 6.33 Å². The summed E-state index contributed by atoms with van der Waals surface area (Å²) in [5.74, 6) is -1.19. The number of nitrogens with one attached hydrogen (secondary N) is 1. The largest absolute Gasteiger partial charge is 0.454 e. The van der Waals surface area contributed by atoms with Crippen LogP contribution >= 0.6 is 0 Å². The van der Waals surface area contributed by atoms with E-state index in [2.05, 4.69) is 10.3 Å². The number of ether oxygens (including phenoxy) is 1. The van der Waals surface area contributed by atoms with Gasteiger partial charge in [0.2, 0.25) is 0 Å². The van der Waals surface area contributed by atoms with Crippen LogP contribution in [-0.2, 0) is 35.0 Å². The van der Waals surface area contributed by atoms with E-state index in [9.17, 15) is 19.2 Å². The maximum Gasteiger partial charge on any atom is 0.332 e. The first-order valence-electron chi connectivity index (χ1n) is 8.41. The molecule has 0 bridgehead atoms. The number of carbonyl (C=O) groups excluding carboxylic acids is 2. The Morgan fingerprint density at radius 3 is 2.57 bits per heavy atom. The molecule has 0 saturated heterocycles. The van der Waals surface area contributed by atoms with Crippen molar-refractivity contribution in [1.82, 2.24) is 18.7 Å². The summed E-state index contributed by atoms with van der Waals surface area (Å²) in [6.07, 6.45) is 1.28. The van der Waals surface area contributed by atoms with Crippen molar-refractivity contribution < 1.29 is 14.3 Å². The SMILES string of the molecule is Cc1ccccc1NC(=O)COC(=O)Cn1cnc2c1c(=O)n(C)c(=O)n2C. The molecular weight excluding hydrogens is 366 g/mol. The van der Waals surface area contributed by atoms with Crippen LogP contribution in [-0.4, -0.2) is 37.2 Å². The van der Waals surface area contributed by atoms with Crippen molar-refractivity contribution in [2.75, 3.05) is 11.9 Å². The average Bonchev–Trinajstić information content (AvgIpc) is 3.08. The Labute approximate surface area is 159 Å². The Hall–Kier alpha value is -3.69. The smallest absolute Gasteiger partial charge is 0.332 e. The molecule has 2 aromatic heterocycles. The molecule has 10 heteroatoms. The maximum atomic E-state index is 12.3. The minimum absolute atomic E-state index is 0.103. The summed E-state index contributed by atoms with van der Waals surface area (Å²) in [5, 5.41) is 2.66. The normalized spacial score (nSPS) is 10.8. The highest BCUT2D eigenvalue weighted by Crippen LogP contribution is 2.12. The Balaban J connectivity index is 1.69. The summed E-state index contributed by atoms with van der Waals surface area (Å²) in [4.78, 5) is 52.3. The molecule has 146 valence electrons. The van der Waals surface area contributed by atoms with E-state index in [0.29, 0.717) is 5.69 Å². The number of esters is 1. The third-order valence-electron chi connectivity index (χ3n) is 4.30. The molecule has 3 aromatic rings. The fraction of sp³-hybridized carbons (Fsp3) is 0.278. The molecule has 0 aliphatic rings. The van der Waals surface area contributed by atoms with E-state index in [1.165, 1.54) is 29.6 Å². The molecule has 1 amide bonds. The molecule has 2 heterocycles. The lowest BCUT2D eigenvalue weighted by atomic mass is 10.2. The molecule has 0 aliphatic carbocycles. The number of carbonyl (C=O) groups is 2. The zero-order chi connectivity index (χ0) is 20.4. The fourth-order valence-electron chi connectivity index (χ4n) is 2.75. The van der Waals surface area contributed by atoms with Crippen molar-refractivity contribution in [3.63, 3.8) is 0 Å². The minimum atomic E-state index is -0.713. The third-order valence-corrected chi connectivity index (χ3v) is 4.30. The standard InChI is InChI=1S/C18H19N5O5/c1-11-6-4-5-7-12(11)20-13(24)9-28-14(25)8-23-10-19-16-15(23)17(26)22(3)18(27)21(16)2/h4-7,10H,8-9H2,1-3H3,(H,20,24). The van der Waals surface area contributed by atoms with E-state index in [1.807, 2.05) is 19.1 Å². The van der Waals surface area contributed by atoms with E-state index in [4.69, 9.17) is 4.74 Å². The van der Waals surface area contributed by atoms with Gasteiger partial charge in [0.25, 0.3) is 11.5 Å². The Kier molecular flexibility index (Phi) is 5.12.